The van der Waals surface area contributed by atoms with Crippen LogP contribution in [0.3, 0.4) is 0 Å². The number of benzene rings is 2. The van der Waals surface area contributed by atoms with E-state index >= 15 is 0 Å². The van der Waals surface area contributed by atoms with Crippen molar-refractivity contribution in [3.8, 4) is 0 Å². The molecule has 1 atom stereocenters. The van der Waals surface area contributed by atoms with E-state index in [1.165, 1.54) is 9.71 Å². The fourth-order valence-electron chi connectivity index (χ4n) is 3.86. The van der Waals surface area contributed by atoms with E-state index in [4.69, 9.17) is 4.98 Å². The highest BCUT2D eigenvalue weighted by molar-refractivity contribution is 7.18. The molecule has 1 N–H and O–H groups in total. The van der Waals surface area contributed by atoms with E-state index in [-0.39, 0.29) is 5.91 Å². The number of hydrogen-bond donors (Lipinski definition) is 1. The fraction of sp³-hybridized carbons (Fsp3) is 0.364. The van der Waals surface area contributed by atoms with Crippen molar-refractivity contribution in [3.05, 3.63) is 58.6 Å². The topological polar surface area (TPSA) is 45.2 Å². The maximum absolute atomic E-state index is 12.6. The van der Waals surface area contributed by atoms with E-state index in [1.807, 2.05) is 38.1 Å². The third-order valence-electron chi connectivity index (χ3n) is 5.28. The zero-order valence-electron chi connectivity index (χ0n) is 15.9. The second-order valence-electron chi connectivity index (χ2n) is 7.41. The quantitative estimate of drug-likeness (QED) is 0.713. The summed E-state index contributed by atoms with van der Waals surface area (Å²) in [5.74, 6) is 0.487. The van der Waals surface area contributed by atoms with Crippen molar-refractivity contribution in [2.75, 3.05) is 25.0 Å². The monoisotopic (exact) mass is 379 g/mol. The van der Waals surface area contributed by atoms with Gasteiger partial charge in [0, 0.05) is 18.2 Å². The maximum Gasteiger partial charge on any atom is 0.238 e. The molecule has 1 fully saturated rings. The summed E-state index contributed by atoms with van der Waals surface area (Å²) in [4.78, 5) is 19.7. The number of likely N-dealkylation sites (tertiary alicyclic amines) is 1. The number of amides is 1. The highest BCUT2D eigenvalue weighted by Gasteiger charge is 2.25. The first-order valence-corrected chi connectivity index (χ1v) is 10.4. The third kappa shape index (κ3) is 4.04. The standard InChI is InChI=1S/C22H25N3OS/c1-15-7-5-8-16(2)21(15)24-20(26)14-25-12-6-9-17(13-25)22-23-18-10-3-4-11-19(18)27-22/h3-5,7-8,10-11,17H,6,9,12-14H2,1-2H3,(H,24,26)/t17-/m1/s1. The first kappa shape index (κ1) is 18.1. The van der Waals surface area contributed by atoms with E-state index in [0.717, 1.165) is 48.3 Å². The van der Waals surface area contributed by atoms with Crippen LogP contribution in [0.15, 0.2) is 42.5 Å². The van der Waals surface area contributed by atoms with Crippen LogP contribution in [0.1, 0.15) is 34.9 Å². The number of aromatic nitrogens is 1. The summed E-state index contributed by atoms with van der Waals surface area (Å²) < 4.78 is 1.25. The lowest BCUT2D eigenvalue weighted by atomic mass is 9.99. The summed E-state index contributed by atoms with van der Waals surface area (Å²) in [6.45, 7) is 6.38. The minimum atomic E-state index is 0.0670. The fourth-order valence-corrected chi connectivity index (χ4v) is 4.95. The number of carbonyl (C=O) groups excluding carboxylic acids is 1. The number of aryl methyl sites for hydroxylation is 2. The molecule has 4 nitrogen and oxygen atoms in total. The Morgan fingerprint density at radius 2 is 1.96 bits per heavy atom. The van der Waals surface area contributed by atoms with E-state index in [1.54, 1.807) is 11.3 Å². The van der Waals surface area contributed by atoms with E-state index in [9.17, 15) is 4.79 Å². The van der Waals surface area contributed by atoms with Crippen LogP contribution in [0, 0.1) is 13.8 Å². The van der Waals surface area contributed by atoms with Crippen LogP contribution >= 0.6 is 11.3 Å². The van der Waals surface area contributed by atoms with Gasteiger partial charge in [-0.15, -0.1) is 11.3 Å². The van der Waals surface area contributed by atoms with Crippen molar-refractivity contribution in [3.63, 3.8) is 0 Å². The summed E-state index contributed by atoms with van der Waals surface area (Å²) in [6, 6.07) is 14.4. The molecule has 5 heteroatoms. The Hall–Kier alpha value is -2.24. The summed E-state index contributed by atoms with van der Waals surface area (Å²) in [6.07, 6.45) is 2.26. The molecule has 2 heterocycles. The molecule has 27 heavy (non-hydrogen) atoms. The lowest BCUT2D eigenvalue weighted by Gasteiger charge is -2.31. The normalized spacial score (nSPS) is 17.9. The number of nitrogens with one attached hydrogen (secondary N) is 1. The lowest BCUT2D eigenvalue weighted by Crippen LogP contribution is -2.39. The zero-order valence-corrected chi connectivity index (χ0v) is 16.7. The molecule has 1 saturated heterocycles. The predicted molar refractivity (Wildman–Crippen MR) is 113 cm³/mol. The minimum absolute atomic E-state index is 0.0670. The number of hydrogen-bond acceptors (Lipinski definition) is 4. The SMILES string of the molecule is Cc1cccc(C)c1NC(=O)CN1CCC[C@@H](c2nc3ccccc3s2)C1. The molecular formula is C22H25N3OS. The second-order valence-corrected chi connectivity index (χ2v) is 8.47. The van der Waals surface area contributed by atoms with Gasteiger partial charge in [-0.3, -0.25) is 9.69 Å². The molecule has 2 aromatic carbocycles. The number of thiazole rings is 1. The van der Waals surface area contributed by atoms with Gasteiger partial charge >= 0.3 is 0 Å². The van der Waals surface area contributed by atoms with E-state index < -0.39 is 0 Å². The van der Waals surface area contributed by atoms with Gasteiger partial charge in [-0.2, -0.15) is 0 Å². The smallest absolute Gasteiger partial charge is 0.238 e. The molecule has 140 valence electrons. The van der Waals surface area contributed by atoms with Crippen LogP contribution in [0.2, 0.25) is 0 Å². The molecule has 0 aliphatic carbocycles. The molecule has 0 saturated carbocycles. The molecular weight excluding hydrogens is 354 g/mol. The average molecular weight is 380 g/mol. The van der Waals surface area contributed by atoms with Crippen LogP contribution < -0.4 is 5.32 Å². The van der Waals surface area contributed by atoms with Gasteiger partial charge in [-0.05, 0) is 56.5 Å². The summed E-state index contributed by atoms with van der Waals surface area (Å²) >= 11 is 1.79. The molecule has 0 spiro atoms. The van der Waals surface area contributed by atoms with Crippen LogP contribution in [-0.2, 0) is 4.79 Å². The second kappa shape index (κ2) is 7.79. The van der Waals surface area contributed by atoms with Gasteiger partial charge in [0.1, 0.15) is 0 Å². The predicted octanol–water partition coefficient (Wildman–Crippen LogP) is 4.73. The highest BCUT2D eigenvalue weighted by Crippen LogP contribution is 2.32. The maximum atomic E-state index is 12.6. The summed E-state index contributed by atoms with van der Waals surface area (Å²) in [7, 11) is 0. The number of nitrogens with zero attached hydrogens (tertiary/aromatic N) is 2. The van der Waals surface area contributed by atoms with E-state index in [2.05, 4.69) is 28.4 Å². The molecule has 3 aromatic rings. The largest absolute Gasteiger partial charge is 0.324 e. The highest BCUT2D eigenvalue weighted by atomic mass is 32.1. The van der Waals surface area contributed by atoms with Gasteiger partial charge in [0.05, 0.1) is 21.8 Å². The Bertz CT molecular complexity index is 912. The lowest BCUT2D eigenvalue weighted by molar-refractivity contribution is -0.117. The number of anilines is 1. The van der Waals surface area contributed by atoms with Crippen LogP contribution in [0.5, 0.6) is 0 Å². The van der Waals surface area contributed by atoms with Gasteiger partial charge < -0.3 is 5.32 Å². The third-order valence-corrected chi connectivity index (χ3v) is 6.48. The Kier molecular flexibility index (Phi) is 5.23. The molecule has 1 aliphatic rings. The molecule has 1 aromatic heterocycles. The first-order valence-electron chi connectivity index (χ1n) is 9.54. The van der Waals surface area contributed by atoms with Crippen molar-refractivity contribution in [2.45, 2.75) is 32.6 Å². The molecule has 0 unspecified atom stereocenters. The molecule has 0 bridgehead atoms. The Morgan fingerprint density at radius 3 is 2.74 bits per heavy atom. The zero-order chi connectivity index (χ0) is 18.8. The summed E-state index contributed by atoms with van der Waals surface area (Å²) in [5, 5.41) is 4.31. The number of carbonyl (C=O) groups is 1. The van der Waals surface area contributed by atoms with Crippen molar-refractivity contribution >= 4 is 33.1 Å². The molecule has 0 radical (unpaired) electrons. The van der Waals surface area contributed by atoms with Crippen LogP contribution in [0.25, 0.3) is 10.2 Å². The Labute approximate surface area is 164 Å². The number of rotatable bonds is 4. The van der Waals surface area contributed by atoms with Crippen molar-refractivity contribution in [1.82, 2.24) is 9.88 Å². The van der Waals surface area contributed by atoms with Gasteiger partial charge in [-0.25, -0.2) is 4.98 Å². The minimum Gasteiger partial charge on any atom is -0.324 e. The molecule has 1 amide bonds. The van der Waals surface area contributed by atoms with Crippen molar-refractivity contribution < 1.29 is 4.79 Å². The Balaban J connectivity index is 1.41. The van der Waals surface area contributed by atoms with Gasteiger partial charge in [0.2, 0.25) is 5.91 Å². The van der Waals surface area contributed by atoms with Crippen molar-refractivity contribution in [1.29, 1.82) is 0 Å². The Morgan fingerprint density at radius 1 is 1.19 bits per heavy atom. The average Bonchev–Trinajstić information content (AvgIpc) is 3.09. The van der Waals surface area contributed by atoms with Crippen molar-refractivity contribution in [2.24, 2.45) is 0 Å². The number of fused-ring (bicyclic) bond motifs is 1. The number of piperidine rings is 1. The van der Waals surface area contributed by atoms with Gasteiger partial charge in [-0.1, -0.05) is 30.3 Å². The van der Waals surface area contributed by atoms with Gasteiger partial charge in [0.25, 0.3) is 0 Å². The first-order chi connectivity index (χ1) is 13.1. The van der Waals surface area contributed by atoms with Crippen LogP contribution in [-0.4, -0.2) is 35.4 Å². The molecule has 1 aliphatic heterocycles. The number of para-hydroxylation sites is 2. The summed E-state index contributed by atoms with van der Waals surface area (Å²) in [5.41, 5.74) is 4.24. The van der Waals surface area contributed by atoms with Crippen LogP contribution in [0.4, 0.5) is 5.69 Å². The molecule has 4 rings (SSSR count). The van der Waals surface area contributed by atoms with E-state index in [0.29, 0.717) is 12.5 Å². The van der Waals surface area contributed by atoms with Gasteiger partial charge in [0.15, 0.2) is 0 Å².